The molecular weight excluding hydrogens is 400 g/mol. The monoisotopic (exact) mass is 428 g/mol. The van der Waals surface area contributed by atoms with Gasteiger partial charge in [0.05, 0.1) is 25.1 Å². The number of carbonyl (C=O) groups excluding carboxylic acids is 2. The minimum absolute atomic E-state index is 0.0740. The Kier molecular flexibility index (Phi) is 7.75. The molecule has 0 radical (unpaired) electrons. The highest BCUT2D eigenvalue weighted by atomic mass is 35.5. The Labute approximate surface area is 183 Å². The van der Waals surface area contributed by atoms with Crippen molar-refractivity contribution < 1.29 is 14.3 Å². The van der Waals surface area contributed by atoms with E-state index in [-0.39, 0.29) is 24.3 Å². The van der Waals surface area contributed by atoms with E-state index in [4.69, 9.17) is 16.3 Å². The van der Waals surface area contributed by atoms with Crippen molar-refractivity contribution in [1.82, 2.24) is 5.32 Å². The van der Waals surface area contributed by atoms with Crippen LogP contribution >= 0.6 is 11.6 Å². The Hall–Kier alpha value is -2.53. The molecule has 0 bridgehead atoms. The van der Waals surface area contributed by atoms with Crippen molar-refractivity contribution in [2.75, 3.05) is 25.1 Å². The number of hydrogen-bond donors (Lipinski definition) is 1. The summed E-state index contributed by atoms with van der Waals surface area (Å²) in [7, 11) is 1.35. The lowest BCUT2D eigenvalue weighted by molar-refractivity contribution is -0.121. The first kappa shape index (κ1) is 22.2. The van der Waals surface area contributed by atoms with Crippen LogP contribution in [0.4, 0.5) is 5.69 Å². The van der Waals surface area contributed by atoms with Crippen LogP contribution in [0.3, 0.4) is 0 Å². The molecule has 1 N–H and O–H groups in total. The minimum atomic E-state index is -0.387. The molecule has 0 aromatic heterocycles. The van der Waals surface area contributed by atoms with E-state index in [0.29, 0.717) is 10.6 Å². The van der Waals surface area contributed by atoms with Crippen molar-refractivity contribution in [3.63, 3.8) is 0 Å². The standard InChI is InChI=1S/C24H29ClN2O3/c1-17(26-23(28)15-18-7-9-19(10-8-18)24(29)30-2)21-16-20(25)11-12-22(21)27-13-5-3-4-6-14-27/h7-12,16-17H,3-6,13-15H2,1-2H3,(H,26,28). The molecule has 0 saturated carbocycles. The topological polar surface area (TPSA) is 58.6 Å². The Bertz CT molecular complexity index is 875. The molecule has 1 unspecified atom stereocenters. The zero-order chi connectivity index (χ0) is 21.5. The highest BCUT2D eigenvalue weighted by molar-refractivity contribution is 6.30. The largest absolute Gasteiger partial charge is 0.465 e. The van der Waals surface area contributed by atoms with Crippen molar-refractivity contribution in [1.29, 1.82) is 0 Å². The summed E-state index contributed by atoms with van der Waals surface area (Å²) in [6.07, 6.45) is 5.14. The molecule has 1 atom stereocenters. The van der Waals surface area contributed by atoms with Gasteiger partial charge in [0.15, 0.2) is 0 Å². The van der Waals surface area contributed by atoms with E-state index in [9.17, 15) is 9.59 Å². The maximum atomic E-state index is 12.6. The summed E-state index contributed by atoms with van der Waals surface area (Å²) in [5.41, 5.74) is 3.50. The number of hydrogen-bond acceptors (Lipinski definition) is 4. The predicted octanol–water partition coefficient (Wildman–Crippen LogP) is 4.93. The van der Waals surface area contributed by atoms with Crippen molar-refractivity contribution in [3.05, 3.63) is 64.2 Å². The number of benzene rings is 2. The van der Waals surface area contributed by atoms with Gasteiger partial charge in [-0.1, -0.05) is 36.6 Å². The Morgan fingerprint density at radius 3 is 2.37 bits per heavy atom. The number of ether oxygens (including phenoxy) is 1. The van der Waals surface area contributed by atoms with Gasteiger partial charge >= 0.3 is 5.97 Å². The van der Waals surface area contributed by atoms with Crippen molar-refractivity contribution in [3.8, 4) is 0 Å². The van der Waals surface area contributed by atoms with Gasteiger partial charge in [0.2, 0.25) is 5.91 Å². The van der Waals surface area contributed by atoms with Gasteiger partial charge in [-0.25, -0.2) is 4.79 Å². The van der Waals surface area contributed by atoms with E-state index in [0.717, 1.165) is 29.9 Å². The van der Waals surface area contributed by atoms with E-state index in [1.165, 1.54) is 32.8 Å². The molecule has 2 aromatic rings. The highest BCUT2D eigenvalue weighted by Crippen LogP contribution is 2.31. The number of nitrogens with zero attached hydrogens (tertiary/aromatic N) is 1. The van der Waals surface area contributed by atoms with Crippen LogP contribution in [-0.4, -0.2) is 32.1 Å². The van der Waals surface area contributed by atoms with E-state index in [1.54, 1.807) is 24.3 Å². The lowest BCUT2D eigenvalue weighted by Crippen LogP contribution is -2.31. The van der Waals surface area contributed by atoms with Gasteiger partial charge < -0.3 is 15.0 Å². The van der Waals surface area contributed by atoms with Crippen LogP contribution in [0.2, 0.25) is 5.02 Å². The fraction of sp³-hybridized carbons (Fsp3) is 0.417. The lowest BCUT2D eigenvalue weighted by atomic mass is 10.0. The molecule has 1 aliphatic heterocycles. The Morgan fingerprint density at radius 1 is 1.07 bits per heavy atom. The molecule has 6 heteroatoms. The Morgan fingerprint density at radius 2 is 1.73 bits per heavy atom. The van der Waals surface area contributed by atoms with Gasteiger partial charge in [-0.3, -0.25) is 4.79 Å². The first-order valence-corrected chi connectivity index (χ1v) is 10.9. The third-order valence-electron chi connectivity index (χ3n) is 5.52. The summed E-state index contributed by atoms with van der Waals surface area (Å²) < 4.78 is 4.70. The van der Waals surface area contributed by atoms with Gasteiger partial charge in [0.25, 0.3) is 0 Å². The van der Waals surface area contributed by atoms with Crippen molar-refractivity contribution >= 4 is 29.2 Å². The smallest absolute Gasteiger partial charge is 0.337 e. The number of esters is 1. The average molecular weight is 429 g/mol. The molecule has 1 saturated heterocycles. The van der Waals surface area contributed by atoms with Crippen molar-refractivity contribution in [2.24, 2.45) is 0 Å². The molecule has 1 fully saturated rings. The lowest BCUT2D eigenvalue weighted by Gasteiger charge is -2.28. The van der Waals surface area contributed by atoms with Crippen LogP contribution in [-0.2, 0) is 16.0 Å². The van der Waals surface area contributed by atoms with Gasteiger partial charge in [-0.15, -0.1) is 0 Å². The summed E-state index contributed by atoms with van der Waals surface area (Å²) in [5.74, 6) is -0.461. The van der Waals surface area contributed by atoms with Gasteiger partial charge in [0, 0.05) is 23.8 Å². The molecule has 1 amide bonds. The fourth-order valence-corrected chi connectivity index (χ4v) is 4.08. The summed E-state index contributed by atoms with van der Waals surface area (Å²) >= 11 is 6.28. The number of halogens is 1. The second kappa shape index (κ2) is 10.5. The zero-order valence-electron chi connectivity index (χ0n) is 17.6. The molecule has 1 aliphatic rings. The predicted molar refractivity (Wildman–Crippen MR) is 120 cm³/mol. The fourth-order valence-electron chi connectivity index (χ4n) is 3.90. The first-order chi connectivity index (χ1) is 14.5. The molecule has 160 valence electrons. The maximum absolute atomic E-state index is 12.6. The summed E-state index contributed by atoms with van der Waals surface area (Å²) in [4.78, 5) is 26.6. The molecule has 5 nitrogen and oxygen atoms in total. The van der Waals surface area contributed by atoms with Crippen LogP contribution < -0.4 is 10.2 Å². The second-order valence-corrected chi connectivity index (χ2v) is 8.20. The molecular formula is C24H29ClN2O3. The van der Waals surface area contributed by atoms with Crippen LogP contribution in [0.1, 0.15) is 60.1 Å². The number of anilines is 1. The summed E-state index contributed by atoms with van der Waals surface area (Å²) in [6, 6.07) is 12.7. The molecule has 0 spiro atoms. The summed E-state index contributed by atoms with van der Waals surface area (Å²) in [5, 5.41) is 3.77. The number of nitrogens with one attached hydrogen (secondary N) is 1. The molecule has 3 rings (SSSR count). The third-order valence-corrected chi connectivity index (χ3v) is 5.76. The maximum Gasteiger partial charge on any atom is 0.337 e. The number of rotatable bonds is 6. The number of methoxy groups -OCH3 is 1. The number of carbonyl (C=O) groups is 2. The van der Waals surface area contributed by atoms with E-state index in [2.05, 4.69) is 16.3 Å². The van der Waals surface area contributed by atoms with Gasteiger partial charge in [0.1, 0.15) is 0 Å². The van der Waals surface area contributed by atoms with Crippen LogP contribution in [0.25, 0.3) is 0 Å². The Balaban J connectivity index is 1.69. The van der Waals surface area contributed by atoms with E-state index < -0.39 is 0 Å². The van der Waals surface area contributed by atoms with Gasteiger partial charge in [-0.05, 0) is 61.2 Å². The molecule has 30 heavy (non-hydrogen) atoms. The first-order valence-electron chi connectivity index (χ1n) is 10.5. The third kappa shape index (κ3) is 5.76. The molecule has 0 aliphatic carbocycles. The number of amides is 1. The quantitative estimate of drug-likeness (QED) is 0.663. The van der Waals surface area contributed by atoms with Crippen LogP contribution in [0.15, 0.2) is 42.5 Å². The summed E-state index contributed by atoms with van der Waals surface area (Å²) in [6.45, 7) is 4.05. The minimum Gasteiger partial charge on any atom is -0.465 e. The van der Waals surface area contributed by atoms with E-state index >= 15 is 0 Å². The second-order valence-electron chi connectivity index (χ2n) is 7.76. The van der Waals surface area contributed by atoms with Crippen molar-refractivity contribution in [2.45, 2.75) is 45.1 Å². The highest BCUT2D eigenvalue weighted by Gasteiger charge is 2.19. The molecule has 2 aromatic carbocycles. The average Bonchev–Trinajstić information content (AvgIpc) is 3.03. The SMILES string of the molecule is COC(=O)c1ccc(CC(=O)NC(C)c2cc(Cl)ccc2N2CCCCCC2)cc1. The van der Waals surface area contributed by atoms with Crippen LogP contribution in [0, 0.1) is 0 Å². The van der Waals surface area contributed by atoms with E-state index in [1.807, 2.05) is 19.1 Å². The van der Waals surface area contributed by atoms with Gasteiger partial charge in [-0.2, -0.15) is 0 Å². The normalized spacial score (nSPS) is 15.2. The van der Waals surface area contributed by atoms with Crippen LogP contribution in [0.5, 0.6) is 0 Å². The molecule has 1 heterocycles. The zero-order valence-corrected chi connectivity index (χ0v) is 18.4.